The van der Waals surface area contributed by atoms with Gasteiger partial charge in [0.05, 0.1) is 24.2 Å². The predicted octanol–water partition coefficient (Wildman–Crippen LogP) is 5.67. The molecule has 188 valence electrons. The summed E-state index contributed by atoms with van der Waals surface area (Å²) < 4.78 is 37.2. The number of benzene rings is 3. The van der Waals surface area contributed by atoms with Crippen LogP contribution in [0.3, 0.4) is 0 Å². The monoisotopic (exact) mass is 497 g/mol. The Hall–Kier alpha value is -3.69. The van der Waals surface area contributed by atoms with Crippen LogP contribution in [0, 0.1) is 6.92 Å². The molecule has 1 aliphatic rings. The molecule has 0 radical (unpaired) electrons. The van der Waals surface area contributed by atoms with Crippen LogP contribution in [0.2, 0.25) is 0 Å². The number of nitrogens with zero attached hydrogens (tertiary/aromatic N) is 2. The van der Waals surface area contributed by atoms with E-state index in [0.717, 1.165) is 55.3 Å². The average molecular weight is 498 g/mol. The largest absolute Gasteiger partial charge is 0.490 e. The van der Waals surface area contributed by atoms with Crippen molar-refractivity contribution in [2.45, 2.75) is 19.6 Å². The minimum Gasteiger partial charge on any atom is -0.475 e. The summed E-state index contributed by atoms with van der Waals surface area (Å²) in [5.74, 6) is -1.84. The van der Waals surface area contributed by atoms with Crippen LogP contribution in [0.5, 0.6) is 0 Å². The molecule has 0 unspecified atom stereocenters. The lowest BCUT2D eigenvalue weighted by Crippen LogP contribution is -2.35. The van der Waals surface area contributed by atoms with Gasteiger partial charge in [0.25, 0.3) is 0 Å². The number of carboxylic acid groups (broad SMARTS) is 1. The number of fused-ring (bicyclic) bond motifs is 1. The molecule has 1 saturated heterocycles. The van der Waals surface area contributed by atoms with Crippen molar-refractivity contribution in [1.29, 1.82) is 0 Å². The summed E-state index contributed by atoms with van der Waals surface area (Å²) in [5.41, 5.74) is 8.24. The minimum atomic E-state index is -5.08. The van der Waals surface area contributed by atoms with Crippen LogP contribution >= 0.6 is 0 Å². The van der Waals surface area contributed by atoms with Gasteiger partial charge >= 0.3 is 12.1 Å². The number of hydrogen-bond donors (Lipinski definition) is 2. The van der Waals surface area contributed by atoms with Crippen LogP contribution in [0.1, 0.15) is 11.1 Å². The maximum Gasteiger partial charge on any atom is 0.490 e. The summed E-state index contributed by atoms with van der Waals surface area (Å²) in [4.78, 5) is 19.6. The number of aromatic amines is 1. The topological polar surface area (TPSA) is 78.5 Å². The number of imidazole rings is 1. The third-order valence-corrected chi connectivity index (χ3v) is 5.91. The van der Waals surface area contributed by atoms with E-state index in [1.165, 1.54) is 22.3 Å². The predicted molar refractivity (Wildman–Crippen MR) is 131 cm³/mol. The number of alkyl halides is 3. The fraction of sp³-hybridized carbons (Fsp3) is 0.259. The summed E-state index contributed by atoms with van der Waals surface area (Å²) in [6.07, 6.45) is -5.08. The van der Waals surface area contributed by atoms with Gasteiger partial charge in [-0.2, -0.15) is 13.2 Å². The number of hydrogen-bond acceptors (Lipinski definition) is 4. The number of aliphatic carboxylic acids is 1. The molecule has 5 rings (SSSR count). The quantitative estimate of drug-likeness (QED) is 0.380. The third kappa shape index (κ3) is 6.30. The van der Waals surface area contributed by atoms with E-state index in [2.05, 4.69) is 83.5 Å². The Labute approximate surface area is 206 Å². The normalized spacial score (nSPS) is 14.3. The molecule has 1 aliphatic heterocycles. The summed E-state index contributed by atoms with van der Waals surface area (Å²) in [6.45, 7) is 6.81. The molecular formula is C27H26F3N3O3. The molecule has 9 heteroatoms. The lowest BCUT2D eigenvalue weighted by atomic mass is 10.0. The van der Waals surface area contributed by atoms with Crippen molar-refractivity contribution in [3.63, 3.8) is 0 Å². The standard InChI is InChI=1S/C25H25N3O.C2HF3O2/c1-18-3-2-4-23-24(18)27-25(26-23)22-11-9-21(10-12-22)20-7-5-19(6-8-20)17-28-13-15-29-16-14-28;3-2(4,5)1(6)7/h2-12H,13-17H2,1H3,(H,26,27);(H,6,7). The number of morpholine rings is 1. The van der Waals surface area contributed by atoms with Gasteiger partial charge < -0.3 is 14.8 Å². The first-order valence-electron chi connectivity index (χ1n) is 11.5. The van der Waals surface area contributed by atoms with Gasteiger partial charge in [-0.3, -0.25) is 4.90 Å². The number of nitrogens with one attached hydrogen (secondary N) is 1. The Kier molecular flexibility index (Phi) is 7.71. The van der Waals surface area contributed by atoms with E-state index in [1.54, 1.807) is 0 Å². The van der Waals surface area contributed by atoms with E-state index < -0.39 is 12.1 Å². The van der Waals surface area contributed by atoms with Gasteiger partial charge in [-0.25, -0.2) is 9.78 Å². The molecular weight excluding hydrogens is 471 g/mol. The molecule has 0 saturated carbocycles. The fourth-order valence-corrected chi connectivity index (χ4v) is 3.95. The Morgan fingerprint density at radius 2 is 1.53 bits per heavy atom. The van der Waals surface area contributed by atoms with E-state index in [4.69, 9.17) is 19.6 Å². The third-order valence-electron chi connectivity index (χ3n) is 5.91. The van der Waals surface area contributed by atoms with E-state index in [9.17, 15) is 13.2 Å². The second-order valence-electron chi connectivity index (χ2n) is 8.52. The number of para-hydroxylation sites is 1. The first kappa shape index (κ1) is 25.4. The second-order valence-corrected chi connectivity index (χ2v) is 8.52. The lowest BCUT2D eigenvalue weighted by Gasteiger charge is -2.26. The molecule has 0 spiro atoms. The molecule has 0 bridgehead atoms. The Balaban J connectivity index is 0.000000384. The van der Waals surface area contributed by atoms with Crippen molar-refractivity contribution in [2.24, 2.45) is 0 Å². The van der Waals surface area contributed by atoms with Gasteiger partial charge in [-0.05, 0) is 35.2 Å². The van der Waals surface area contributed by atoms with E-state index in [1.807, 2.05) is 0 Å². The number of ether oxygens (including phenoxy) is 1. The second kappa shape index (κ2) is 10.9. The van der Waals surface area contributed by atoms with Crippen molar-refractivity contribution >= 4 is 17.0 Å². The van der Waals surface area contributed by atoms with Crippen LogP contribution in [-0.2, 0) is 16.1 Å². The molecule has 3 aromatic carbocycles. The maximum atomic E-state index is 10.6. The molecule has 0 aliphatic carbocycles. The van der Waals surface area contributed by atoms with E-state index in [0.29, 0.717) is 0 Å². The Bertz CT molecular complexity index is 1310. The average Bonchev–Trinajstić information content (AvgIpc) is 3.31. The van der Waals surface area contributed by atoms with Crippen molar-refractivity contribution in [1.82, 2.24) is 14.9 Å². The van der Waals surface area contributed by atoms with Crippen LogP contribution in [0.25, 0.3) is 33.5 Å². The summed E-state index contributed by atoms with van der Waals surface area (Å²) in [5, 5.41) is 7.12. The number of rotatable bonds is 4. The molecule has 2 N–H and O–H groups in total. The molecule has 6 nitrogen and oxygen atoms in total. The number of aromatic nitrogens is 2. The highest BCUT2D eigenvalue weighted by Gasteiger charge is 2.38. The lowest BCUT2D eigenvalue weighted by molar-refractivity contribution is -0.192. The van der Waals surface area contributed by atoms with Crippen molar-refractivity contribution in [2.75, 3.05) is 26.3 Å². The fourth-order valence-electron chi connectivity index (χ4n) is 3.95. The van der Waals surface area contributed by atoms with Crippen LogP contribution in [-0.4, -0.2) is 58.4 Å². The first-order chi connectivity index (χ1) is 17.2. The van der Waals surface area contributed by atoms with Crippen molar-refractivity contribution in [3.8, 4) is 22.5 Å². The van der Waals surface area contributed by atoms with E-state index >= 15 is 0 Å². The van der Waals surface area contributed by atoms with Crippen LogP contribution in [0.15, 0.2) is 66.7 Å². The summed E-state index contributed by atoms with van der Waals surface area (Å²) >= 11 is 0. The SMILES string of the molecule is Cc1cccc2[nH]c(-c3ccc(-c4ccc(CN5CCOCC5)cc4)cc3)nc12.O=C(O)C(F)(F)F. The molecule has 1 fully saturated rings. The zero-order chi connectivity index (χ0) is 25.7. The van der Waals surface area contributed by atoms with Gasteiger partial charge in [0.15, 0.2) is 0 Å². The highest BCUT2D eigenvalue weighted by Crippen LogP contribution is 2.26. The Morgan fingerprint density at radius 3 is 2.08 bits per heavy atom. The number of carbonyl (C=O) groups is 1. The molecule has 4 aromatic rings. The summed E-state index contributed by atoms with van der Waals surface area (Å²) in [6, 6.07) is 23.8. The van der Waals surface area contributed by atoms with Gasteiger partial charge in [-0.15, -0.1) is 0 Å². The van der Waals surface area contributed by atoms with Gasteiger partial charge in [0, 0.05) is 25.2 Å². The number of H-pyrrole nitrogens is 1. The zero-order valence-electron chi connectivity index (χ0n) is 19.7. The summed E-state index contributed by atoms with van der Waals surface area (Å²) in [7, 11) is 0. The molecule has 0 amide bonds. The first-order valence-corrected chi connectivity index (χ1v) is 11.5. The van der Waals surface area contributed by atoms with Crippen LogP contribution in [0.4, 0.5) is 13.2 Å². The van der Waals surface area contributed by atoms with Gasteiger partial charge in [-0.1, -0.05) is 60.7 Å². The zero-order valence-corrected chi connectivity index (χ0v) is 19.7. The highest BCUT2D eigenvalue weighted by molar-refractivity contribution is 5.82. The van der Waals surface area contributed by atoms with Crippen molar-refractivity contribution in [3.05, 3.63) is 77.9 Å². The maximum absolute atomic E-state index is 10.6. The Morgan fingerprint density at radius 1 is 0.972 bits per heavy atom. The number of carboxylic acids is 1. The number of halogens is 3. The van der Waals surface area contributed by atoms with E-state index in [-0.39, 0.29) is 0 Å². The number of aryl methyl sites for hydroxylation is 1. The molecule has 36 heavy (non-hydrogen) atoms. The molecule has 2 heterocycles. The van der Waals surface area contributed by atoms with Gasteiger partial charge in [0.2, 0.25) is 0 Å². The van der Waals surface area contributed by atoms with Crippen LogP contribution < -0.4 is 0 Å². The highest BCUT2D eigenvalue weighted by atomic mass is 19.4. The van der Waals surface area contributed by atoms with Gasteiger partial charge in [0.1, 0.15) is 5.82 Å². The molecule has 1 aromatic heterocycles. The minimum absolute atomic E-state index is 0.842. The van der Waals surface area contributed by atoms with Crippen molar-refractivity contribution < 1.29 is 27.8 Å². The molecule has 0 atom stereocenters. The smallest absolute Gasteiger partial charge is 0.475 e.